The smallest absolute Gasteiger partial charge is 0.209 e. The van der Waals surface area contributed by atoms with Crippen molar-refractivity contribution in [3.05, 3.63) is 41.1 Å². The van der Waals surface area contributed by atoms with Gasteiger partial charge in [0, 0.05) is 0 Å². The summed E-state index contributed by atoms with van der Waals surface area (Å²) in [6.45, 7) is 0. The molecular formula is C10H6Cl2FNO. The van der Waals surface area contributed by atoms with Crippen molar-refractivity contribution in [1.29, 1.82) is 0 Å². The molecule has 0 aliphatic heterocycles. The summed E-state index contributed by atoms with van der Waals surface area (Å²) < 4.78 is 18.7. The second-order valence-electron chi connectivity index (χ2n) is 2.85. The molecule has 2 aromatic rings. The van der Waals surface area contributed by atoms with Crippen LogP contribution in [0, 0.1) is 5.82 Å². The Morgan fingerprint density at radius 2 is 2.20 bits per heavy atom. The summed E-state index contributed by atoms with van der Waals surface area (Å²) in [5.41, 5.74) is 0.211. The molecule has 0 fully saturated rings. The molecule has 5 heteroatoms. The molecule has 0 radical (unpaired) electrons. The van der Waals surface area contributed by atoms with Crippen molar-refractivity contribution in [2.75, 3.05) is 0 Å². The van der Waals surface area contributed by atoms with Gasteiger partial charge in [-0.25, -0.2) is 9.37 Å². The van der Waals surface area contributed by atoms with Crippen molar-refractivity contribution < 1.29 is 8.81 Å². The largest absolute Gasteiger partial charge is 0.439 e. The highest BCUT2D eigenvalue weighted by molar-refractivity contribution is 6.33. The van der Waals surface area contributed by atoms with Gasteiger partial charge in [-0.05, 0) is 12.1 Å². The van der Waals surface area contributed by atoms with Crippen LogP contribution in [-0.2, 0) is 5.88 Å². The predicted octanol–water partition coefficient (Wildman–Crippen LogP) is 3.87. The van der Waals surface area contributed by atoms with E-state index in [-0.39, 0.29) is 22.2 Å². The number of benzene rings is 1. The number of alkyl halides is 1. The van der Waals surface area contributed by atoms with Crippen molar-refractivity contribution in [1.82, 2.24) is 4.98 Å². The lowest BCUT2D eigenvalue weighted by atomic mass is 10.2. The highest BCUT2D eigenvalue weighted by Crippen LogP contribution is 2.30. The first-order chi connectivity index (χ1) is 7.22. The second-order valence-corrected chi connectivity index (χ2v) is 3.52. The second kappa shape index (κ2) is 4.21. The van der Waals surface area contributed by atoms with E-state index in [1.54, 1.807) is 6.07 Å². The third-order valence-electron chi connectivity index (χ3n) is 1.88. The number of hydrogen-bond acceptors (Lipinski definition) is 2. The fourth-order valence-electron chi connectivity index (χ4n) is 1.22. The molecule has 0 amide bonds. The van der Waals surface area contributed by atoms with Crippen molar-refractivity contribution in [3.8, 4) is 11.3 Å². The maximum Gasteiger partial charge on any atom is 0.209 e. The average molecular weight is 246 g/mol. The van der Waals surface area contributed by atoms with E-state index in [9.17, 15) is 4.39 Å². The lowest BCUT2D eigenvalue weighted by Gasteiger charge is -2.00. The van der Waals surface area contributed by atoms with E-state index in [1.807, 2.05) is 0 Å². The number of halogens is 3. The quantitative estimate of drug-likeness (QED) is 0.751. The zero-order chi connectivity index (χ0) is 10.8. The molecule has 0 spiro atoms. The van der Waals surface area contributed by atoms with Gasteiger partial charge in [0.2, 0.25) is 5.89 Å². The Morgan fingerprint density at radius 1 is 1.40 bits per heavy atom. The fraction of sp³-hybridized carbons (Fsp3) is 0.100. The minimum absolute atomic E-state index is 0.145. The number of rotatable bonds is 2. The van der Waals surface area contributed by atoms with E-state index in [1.165, 1.54) is 18.3 Å². The van der Waals surface area contributed by atoms with Crippen LogP contribution in [0.25, 0.3) is 11.3 Å². The van der Waals surface area contributed by atoms with Crippen LogP contribution in [0.1, 0.15) is 5.89 Å². The molecular weight excluding hydrogens is 240 g/mol. The van der Waals surface area contributed by atoms with E-state index < -0.39 is 5.82 Å². The van der Waals surface area contributed by atoms with Gasteiger partial charge in [-0.2, -0.15) is 0 Å². The molecule has 2 nitrogen and oxygen atoms in total. The van der Waals surface area contributed by atoms with Crippen molar-refractivity contribution in [2.45, 2.75) is 5.88 Å². The Hall–Kier alpha value is -1.06. The summed E-state index contributed by atoms with van der Waals surface area (Å²) in [4.78, 5) is 3.87. The van der Waals surface area contributed by atoms with Crippen molar-refractivity contribution >= 4 is 23.2 Å². The molecule has 0 unspecified atom stereocenters. The van der Waals surface area contributed by atoms with Crippen LogP contribution < -0.4 is 0 Å². The van der Waals surface area contributed by atoms with Crippen LogP contribution in [0.5, 0.6) is 0 Å². The number of aromatic nitrogens is 1. The minimum atomic E-state index is -0.445. The molecule has 0 atom stereocenters. The third kappa shape index (κ3) is 1.98. The monoisotopic (exact) mass is 245 g/mol. The van der Waals surface area contributed by atoms with Crippen molar-refractivity contribution in [3.63, 3.8) is 0 Å². The molecule has 0 bridgehead atoms. The van der Waals surface area contributed by atoms with Crippen LogP contribution >= 0.6 is 23.2 Å². The summed E-state index contributed by atoms with van der Waals surface area (Å²) in [5.74, 6) is 0.325. The summed E-state index contributed by atoms with van der Waals surface area (Å²) in [7, 11) is 0. The third-order valence-corrected chi connectivity index (χ3v) is 2.42. The summed E-state index contributed by atoms with van der Waals surface area (Å²) in [6, 6.07) is 4.42. The molecule has 0 saturated heterocycles. The van der Waals surface area contributed by atoms with Crippen LogP contribution in [0.3, 0.4) is 0 Å². The molecule has 0 saturated carbocycles. The van der Waals surface area contributed by atoms with E-state index in [0.717, 1.165) is 0 Å². The highest BCUT2D eigenvalue weighted by Gasteiger charge is 2.13. The number of hydrogen-bond donors (Lipinski definition) is 0. The van der Waals surface area contributed by atoms with Crippen LogP contribution in [0.4, 0.5) is 4.39 Å². The SMILES string of the molecule is Fc1cccc(Cl)c1-c1cnc(CCl)o1. The standard InChI is InChI=1S/C10H6Cl2FNO/c11-4-9-14-5-8(15-9)10-6(12)2-1-3-7(10)13/h1-3,5H,4H2. The molecule has 1 heterocycles. The summed E-state index contributed by atoms with van der Waals surface area (Å²) in [6.07, 6.45) is 1.40. The molecule has 1 aromatic heterocycles. The van der Waals surface area contributed by atoms with Crippen molar-refractivity contribution in [2.24, 2.45) is 0 Å². The molecule has 0 N–H and O–H groups in total. The molecule has 78 valence electrons. The maximum atomic E-state index is 13.4. The van der Waals surface area contributed by atoms with Gasteiger partial charge < -0.3 is 4.42 Å². The molecule has 0 aliphatic rings. The van der Waals surface area contributed by atoms with Crippen LogP contribution in [-0.4, -0.2) is 4.98 Å². The zero-order valence-corrected chi connectivity index (χ0v) is 9.02. The molecule has 1 aromatic carbocycles. The highest BCUT2D eigenvalue weighted by atomic mass is 35.5. The topological polar surface area (TPSA) is 26.0 Å². The van der Waals surface area contributed by atoms with Crippen LogP contribution in [0.2, 0.25) is 5.02 Å². The Bertz CT molecular complexity index is 464. The van der Waals surface area contributed by atoms with Gasteiger partial charge in [0.1, 0.15) is 5.82 Å². The lowest BCUT2D eigenvalue weighted by molar-refractivity contribution is 0.523. The summed E-state index contributed by atoms with van der Waals surface area (Å²) in [5, 5.41) is 0.285. The van der Waals surface area contributed by atoms with Crippen LogP contribution in [0.15, 0.2) is 28.8 Å². The number of oxazole rings is 1. The molecule has 0 aliphatic carbocycles. The van der Waals surface area contributed by atoms with E-state index in [0.29, 0.717) is 5.89 Å². The van der Waals surface area contributed by atoms with Gasteiger partial charge in [0.15, 0.2) is 5.76 Å². The van der Waals surface area contributed by atoms with E-state index in [2.05, 4.69) is 4.98 Å². The van der Waals surface area contributed by atoms with Gasteiger partial charge in [-0.1, -0.05) is 17.7 Å². The fourth-order valence-corrected chi connectivity index (χ4v) is 1.60. The Kier molecular flexibility index (Phi) is 2.93. The first kappa shape index (κ1) is 10.5. The Morgan fingerprint density at radius 3 is 2.80 bits per heavy atom. The molecule has 2 rings (SSSR count). The minimum Gasteiger partial charge on any atom is -0.439 e. The van der Waals surface area contributed by atoms with Gasteiger partial charge in [0.05, 0.1) is 22.7 Å². The Labute approximate surface area is 95.6 Å². The summed E-state index contributed by atoms with van der Waals surface area (Å²) >= 11 is 11.4. The van der Waals surface area contributed by atoms with E-state index >= 15 is 0 Å². The first-order valence-corrected chi connectivity index (χ1v) is 5.08. The normalized spacial score (nSPS) is 10.6. The zero-order valence-electron chi connectivity index (χ0n) is 7.51. The Balaban J connectivity index is 2.53. The van der Waals surface area contributed by atoms with Gasteiger partial charge in [-0.15, -0.1) is 11.6 Å². The molecule has 15 heavy (non-hydrogen) atoms. The maximum absolute atomic E-state index is 13.4. The lowest BCUT2D eigenvalue weighted by Crippen LogP contribution is -1.83. The first-order valence-electron chi connectivity index (χ1n) is 4.17. The predicted molar refractivity (Wildman–Crippen MR) is 56.5 cm³/mol. The average Bonchev–Trinajstić information content (AvgIpc) is 2.66. The van der Waals surface area contributed by atoms with Gasteiger partial charge in [0.25, 0.3) is 0 Å². The van der Waals surface area contributed by atoms with Gasteiger partial charge >= 0.3 is 0 Å². The number of nitrogens with zero attached hydrogens (tertiary/aromatic N) is 1. The van der Waals surface area contributed by atoms with Gasteiger partial charge in [-0.3, -0.25) is 0 Å². The van der Waals surface area contributed by atoms with E-state index in [4.69, 9.17) is 27.6 Å².